The Hall–Kier alpha value is -0.255. The fourth-order valence-corrected chi connectivity index (χ4v) is 0.433. The van der Waals surface area contributed by atoms with Crippen LogP contribution in [-0.4, -0.2) is 27.6 Å². The van der Waals surface area contributed by atoms with Crippen molar-refractivity contribution in [2.45, 2.75) is 6.42 Å². The van der Waals surface area contributed by atoms with Crippen LogP contribution in [0.15, 0.2) is 0 Å². The van der Waals surface area contributed by atoms with Crippen LogP contribution in [0.1, 0.15) is 6.42 Å². The molecule has 10 heavy (non-hydrogen) atoms. The van der Waals surface area contributed by atoms with Crippen molar-refractivity contribution in [1.29, 1.82) is 0 Å². The fourth-order valence-electron chi connectivity index (χ4n) is 0.433. The average Bonchev–Trinajstić information content (AvgIpc) is 1.56. The summed E-state index contributed by atoms with van der Waals surface area (Å²) in [6.45, 7) is 2.47. The topological polar surface area (TPSA) is 2.70 Å². The smallest absolute Gasteiger partial charge is 0.424 e. The van der Waals surface area contributed by atoms with E-state index in [4.69, 9.17) is 0 Å². The van der Waals surface area contributed by atoms with E-state index in [1.807, 2.05) is 0 Å². The Morgan fingerprint density at radius 2 is 1.30 bits per heavy atom. The first-order valence-electron chi connectivity index (χ1n) is 2.86. The summed E-state index contributed by atoms with van der Waals surface area (Å²) in [5.74, 6) is 0. The molecule has 1 heterocycles. The molecule has 0 aromatic heterocycles. The zero-order valence-corrected chi connectivity index (χ0v) is 5.62. The molecule has 1 rings (SSSR count). The molecule has 1 aliphatic rings. The average molecular weight is 160 g/mol. The Morgan fingerprint density at radius 1 is 1.10 bits per heavy atom. The molecular formula is C4H9BF4O. The van der Waals surface area contributed by atoms with E-state index in [0.29, 0.717) is 0 Å². The van der Waals surface area contributed by atoms with E-state index in [1.54, 1.807) is 0 Å². The molecule has 0 saturated carbocycles. The molecule has 0 N–H and O–H groups in total. The second-order valence-electron chi connectivity index (χ2n) is 2.04. The quantitative estimate of drug-likeness (QED) is 0.289. The van der Waals surface area contributed by atoms with Crippen LogP contribution in [0.5, 0.6) is 0 Å². The van der Waals surface area contributed by atoms with Gasteiger partial charge < -0.3 is 21.6 Å². The van der Waals surface area contributed by atoms with Crippen LogP contribution in [0.4, 0.5) is 17.3 Å². The Bertz CT molecular complexity index is 83.7. The van der Waals surface area contributed by atoms with Crippen LogP contribution in [0.25, 0.3) is 0 Å². The molecule has 6 heteroatoms. The normalized spacial score (nSPS) is 18.9. The molecule has 1 aliphatic heterocycles. The van der Waals surface area contributed by atoms with Gasteiger partial charge in [0.15, 0.2) is 13.2 Å². The molecule has 62 valence electrons. The minimum atomic E-state index is -6.00. The standard InChI is InChI=1S/C4H9O.BF4/c1-5-3-2-4-5;2-1(3,4)5/h2-4H2,1H3;/q+1;-1. The van der Waals surface area contributed by atoms with E-state index in [2.05, 4.69) is 11.5 Å². The van der Waals surface area contributed by atoms with E-state index in [9.17, 15) is 17.3 Å². The van der Waals surface area contributed by atoms with Crippen molar-refractivity contribution in [3.63, 3.8) is 0 Å². The Labute approximate surface area is 56.8 Å². The van der Waals surface area contributed by atoms with Crippen LogP contribution in [0.2, 0.25) is 0 Å². The second-order valence-corrected chi connectivity index (χ2v) is 2.04. The van der Waals surface area contributed by atoms with Crippen LogP contribution in [0, 0.1) is 0 Å². The van der Waals surface area contributed by atoms with E-state index in [0.717, 1.165) is 0 Å². The summed E-state index contributed by atoms with van der Waals surface area (Å²) in [4.78, 5) is 0. The molecule has 0 aromatic rings. The van der Waals surface area contributed by atoms with Crippen molar-refractivity contribution in [3.05, 3.63) is 0 Å². The Balaban J connectivity index is 0.000000162. The van der Waals surface area contributed by atoms with Gasteiger partial charge in [-0.1, -0.05) is 0 Å². The summed E-state index contributed by atoms with van der Waals surface area (Å²) in [7, 11) is -3.94. The summed E-state index contributed by atoms with van der Waals surface area (Å²) in [5.41, 5.74) is 0. The van der Waals surface area contributed by atoms with Gasteiger partial charge in [0.2, 0.25) is 0 Å². The van der Waals surface area contributed by atoms with Crippen LogP contribution < -0.4 is 0 Å². The van der Waals surface area contributed by atoms with Crippen LogP contribution >= 0.6 is 0 Å². The highest BCUT2D eigenvalue weighted by Crippen LogP contribution is 2.06. The molecule has 0 amide bonds. The SMILES string of the molecule is C[O+]1CCC1.F[B-](F)(F)F. The third-order valence-corrected chi connectivity index (χ3v) is 0.986. The van der Waals surface area contributed by atoms with Gasteiger partial charge in [-0.3, -0.25) is 0 Å². The van der Waals surface area contributed by atoms with Gasteiger partial charge in [-0.2, -0.15) is 0 Å². The van der Waals surface area contributed by atoms with E-state index in [1.165, 1.54) is 19.6 Å². The minimum Gasteiger partial charge on any atom is -0.424 e. The molecule has 1 nitrogen and oxygen atoms in total. The van der Waals surface area contributed by atoms with E-state index >= 15 is 0 Å². The molecular weight excluding hydrogens is 151 g/mol. The lowest BCUT2D eigenvalue weighted by molar-refractivity contribution is -0.173. The maximum atomic E-state index is 9.75. The first-order chi connectivity index (χ1) is 4.39. The lowest BCUT2D eigenvalue weighted by atomic mass is 10.3. The van der Waals surface area contributed by atoms with Crippen LogP contribution in [-0.2, 0) is 4.37 Å². The zero-order valence-electron chi connectivity index (χ0n) is 5.62. The van der Waals surface area contributed by atoms with E-state index < -0.39 is 7.25 Å². The van der Waals surface area contributed by atoms with Crippen molar-refractivity contribution < 1.29 is 21.6 Å². The van der Waals surface area contributed by atoms with Gasteiger partial charge in [0, 0.05) is 0 Å². The lowest BCUT2D eigenvalue weighted by Gasteiger charge is -2.20. The Kier molecular flexibility index (Phi) is 3.71. The van der Waals surface area contributed by atoms with Gasteiger partial charge in [0.1, 0.15) is 7.11 Å². The number of hydrogen-bond donors (Lipinski definition) is 0. The zero-order chi connectivity index (χ0) is 8.20. The predicted octanol–water partition coefficient (Wildman–Crippen LogP) is 1.87. The first kappa shape index (κ1) is 9.74. The summed E-state index contributed by atoms with van der Waals surface area (Å²) in [6, 6.07) is 0. The fraction of sp³-hybridized carbons (Fsp3) is 1.00. The van der Waals surface area contributed by atoms with Crippen molar-refractivity contribution in [2.24, 2.45) is 0 Å². The van der Waals surface area contributed by atoms with Gasteiger partial charge in [0.25, 0.3) is 0 Å². The maximum Gasteiger partial charge on any atom is 0.673 e. The Morgan fingerprint density at radius 3 is 1.30 bits per heavy atom. The minimum absolute atomic E-state index is 1.24. The van der Waals surface area contributed by atoms with Gasteiger partial charge in [-0.05, 0) is 0 Å². The lowest BCUT2D eigenvalue weighted by Crippen LogP contribution is -2.24. The van der Waals surface area contributed by atoms with Crippen molar-refractivity contribution >= 4 is 7.25 Å². The highest BCUT2D eigenvalue weighted by molar-refractivity contribution is 6.50. The largest absolute Gasteiger partial charge is 0.673 e. The van der Waals surface area contributed by atoms with Crippen LogP contribution in [0.3, 0.4) is 0 Å². The van der Waals surface area contributed by atoms with Crippen molar-refractivity contribution in [2.75, 3.05) is 20.3 Å². The predicted molar refractivity (Wildman–Crippen MR) is 31.5 cm³/mol. The number of hydrogen-bond acceptors (Lipinski definition) is 0. The summed E-state index contributed by atoms with van der Waals surface area (Å²) in [5, 5.41) is 0. The third-order valence-electron chi connectivity index (χ3n) is 0.986. The molecule has 1 saturated heterocycles. The monoisotopic (exact) mass is 160 g/mol. The molecule has 0 spiro atoms. The van der Waals surface area contributed by atoms with Gasteiger partial charge in [-0.15, -0.1) is 0 Å². The molecule has 1 fully saturated rings. The third kappa shape index (κ3) is 10.7. The van der Waals surface area contributed by atoms with Crippen molar-refractivity contribution in [1.82, 2.24) is 0 Å². The van der Waals surface area contributed by atoms with Gasteiger partial charge >= 0.3 is 7.25 Å². The van der Waals surface area contributed by atoms with E-state index in [-0.39, 0.29) is 0 Å². The summed E-state index contributed by atoms with van der Waals surface area (Å²) in [6.07, 6.45) is 1.38. The molecule has 0 unspecified atom stereocenters. The first-order valence-corrected chi connectivity index (χ1v) is 2.86. The molecule has 0 bridgehead atoms. The number of halogens is 4. The molecule has 0 aromatic carbocycles. The molecule has 0 radical (unpaired) electrons. The highest BCUT2D eigenvalue weighted by atomic mass is 19.5. The highest BCUT2D eigenvalue weighted by Gasteiger charge is 2.20. The molecule has 0 atom stereocenters. The summed E-state index contributed by atoms with van der Waals surface area (Å²) < 4.78 is 41.9. The number of rotatable bonds is 0. The molecule has 0 aliphatic carbocycles. The maximum absolute atomic E-state index is 9.75. The second kappa shape index (κ2) is 3.80. The van der Waals surface area contributed by atoms with Gasteiger partial charge in [-0.25, -0.2) is 0 Å². The van der Waals surface area contributed by atoms with Gasteiger partial charge in [0.05, 0.1) is 6.42 Å². The summed E-state index contributed by atoms with van der Waals surface area (Å²) >= 11 is 0. The van der Waals surface area contributed by atoms with Crippen molar-refractivity contribution in [3.8, 4) is 0 Å².